The summed E-state index contributed by atoms with van der Waals surface area (Å²) in [5.74, 6) is 0. The fraction of sp³-hybridized carbons (Fsp3) is 0.333. The van der Waals surface area contributed by atoms with Gasteiger partial charge in [-0.2, -0.15) is 0 Å². The number of halogens is 1. The number of unbranched alkanes of at least 4 members (excludes halogenated alkanes) is 6. The molecule has 0 aromatic heterocycles. The number of para-hydroxylation sites is 1. The van der Waals surface area contributed by atoms with Crippen LogP contribution in [-0.4, -0.2) is 13.1 Å². The molecule has 0 N–H and O–H groups in total. The molecule has 2 aliphatic heterocycles. The van der Waals surface area contributed by atoms with Crippen molar-refractivity contribution in [3.05, 3.63) is 83.3 Å². The Hall–Kier alpha value is -2.34. The fourth-order valence-electron chi connectivity index (χ4n) is 5.93. The van der Waals surface area contributed by atoms with Crippen molar-refractivity contribution >= 4 is 62.2 Å². The van der Waals surface area contributed by atoms with Crippen molar-refractivity contribution in [1.29, 1.82) is 0 Å². The second kappa shape index (κ2) is 13.3. The SMILES string of the molecule is CCCCCCN1c2ccccc2Sc2cc(-c3ccc4c(c3)Sc3cc(Br)ccc3N4CCCCCC)ccc21. The van der Waals surface area contributed by atoms with Gasteiger partial charge in [0, 0.05) is 37.1 Å². The van der Waals surface area contributed by atoms with Crippen LogP contribution in [0.15, 0.2) is 103 Å². The number of nitrogens with zero attached hydrogens (tertiary/aromatic N) is 2. The van der Waals surface area contributed by atoms with Gasteiger partial charge in [0.15, 0.2) is 0 Å². The molecule has 0 saturated heterocycles. The molecular weight excluding hydrogens is 604 g/mol. The smallest absolute Gasteiger partial charge is 0.0553 e. The number of anilines is 4. The minimum atomic E-state index is 1.06. The van der Waals surface area contributed by atoms with Crippen molar-refractivity contribution < 1.29 is 0 Å². The second-order valence-electron chi connectivity index (χ2n) is 11.1. The van der Waals surface area contributed by atoms with Crippen molar-refractivity contribution in [3.63, 3.8) is 0 Å². The van der Waals surface area contributed by atoms with E-state index in [4.69, 9.17) is 0 Å². The average Bonchev–Trinajstić information content (AvgIpc) is 2.99. The van der Waals surface area contributed by atoms with Gasteiger partial charge in [0.2, 0.25) is 0 Å². The molecule has 0 radical (unpaired) electrons. The number of fused-ring (bicyclic) bond motifs is 4. The Labute approximate surface area is 263 Å². The predicted molar refractivity (Wildman–Crippen MR) is 183 cm³/mol. The Kier molecular flexibility index (Phi) is 9.34. The number of rotatable bonds is 11. The molecule has 0 fully saturated rings. The first-order chi connectivity index (χ1) is 20.2. The molecule has 0 saturated carbocycles. The molecule has 4 aromatic rings. The van der Waals surface area contributed by atoms with Crippen LogP contribution in [0.3, 0.4) is 0 Å². The molecule has 6 rings (SSSR count). The molecule has 0 aliphatic carbocycles. The zero-order valence-corrected chi connectivity index (χ0v) is 27.4. The van der Waals surface area contributed by atoms with Gasteiger partial charge in [0.25, 0.3) is 0 Å². The lowest BCUT2D eigenvalue weighted by Crippen LogP contribution is -2.22. The highest BCUT2D eigenvalue weighted by Gasteiger charge is 2.26. The van der Waals surface area contributed by atoms with Crippen molar-refractivity contribution in [2.24, 2.45) is 0 Å². The summed E-state index contributed by atoms with van der Waals surface area (Å²) in [5.41, 5.74) is 7.95. The monoisotopic (exact) mass is 642 g/mol. The zero-order valence-electron chi connectivity index (χ0n) is 24.2. The largest absolute Gasteiger partial charge is 0.340 e. The van der Waals surface area contributed by atoms with E-state index < -0.39 is 0 Å². The highest BCUT2D eigenvalue weighted by atomic mass is 79.9. The molecule has 2 nitrogen and oxygen atoms in total. The lowest BCUT2D eigenvalue weighted by molar-refractivity contribution is 0.665. The van der Waals surface area contributed by atoms with E-state index in [2.05, 4.69) is 118 Å². The Balaban J connectivity index is 1.31. The van der Waals surface area contributed by atoms with E-state index in [0.29, 0.717) is 0 Å². The minimum Gasteiger partial charge on any atom is -0.340 e. The van der Waals surface area contributed by atoms with Crippen LogP contribution in [-0.2, 0) is 0 Å². The summed E-state index contributed by atoms with van der Waals surface area (Å²) in [6.45, 7) is 6.70. The zero-order chi connectivity index (χ0) is 28.2. The van der Waals surface area contributed by atoms with Crippen molar-refractivity contribution in [2.45, 2.75) is 84.8 Å². The molecule has 5 heteroatoms. The summed E-state index contributed by atoms with van der Waals surface area (Å²) in [6, 6.07) is 29.8. The average molecular weight is 644 g/mol. The minimum absolute atomic E-state index is 1.06. The molecule has 0 bridgehead atoms. The molecule has 2 heterocycles. The van der Waals surface area contributed by atoms with E-state index in [1.54, 1.807) is 0 Å². The van der Waals surface area contributed by atoms with Gasteiger partial charge in [-0.25, -0.2) is 0 Å². The van der Waals surface area contributed by atoms with E-state index in [1.165, 1.54) is 105 Å². The first-order valence-corrected chi connectivity index (χ1v) is 17.7. The van der Waals surface area contributed by atoms with Crippen LogP contribution < -0.4 is 9.80 Å². The third kappa shape index (κ3) is 6.23. The molecule has 2 aliphatic rings. The van der Waals surface area contributed by atoms with Crippen LogP contribution in [0.2, 0.25) is 0 Å². The Bertz CT molecular complexity index is 1520. The van der Waals surface area contributed by atoms with Crippen LogP contribution in [0, 0.1) is 0 Å². The first-order valence-electron chi connectivity index (χ1n) is 15.2. The number of hydrogen-bond donors (Lipinski definition) is 0. The summed E-state index contributed by atoms with van der Waals surface area (Å²) < 4.78 is 1.14. The lowest BCUT2D eigenvalue weighted by atomic mass is 10.0. The van der Waals surface area contributed by atoms with Gasteiger partial charge < -0.3 is 9.80 Å². The summed E-state index contributed by atoms with van der Waals surface area (Å²) in [7, 11) is 0. The lowest BCUT2D eigenvalue weighted by Gasteiger charge is -2.34. The molecule has 4 aromatic carbocycles. The summed E-state index contributed by atoms with van der Waals surface area (Å²) in [5, 5.41) is 0. The van der Waals surface area contributed by atoms with Crippen LogP contribution in [0.5, 0.6) is 0 Å². The van der Waals surface area contributed by atoms with Gasteiger partial charge in [-0.3, -0.25) is 0 Å². The van der Waals surface area contributed by atoms with Gasteiger partial charge in [-0.1, -0.05) is 116 Å². The van der Waals surface area contributed by atoms with Gasteiger partial charge in [0.1, 0.15) is 0 Å². The van der Waals surface area contributed by atoms with E-state index in [0.717, 1.165) is 17.6 Å². The maximum absolute atomic E-state index is 3.71. The van der Waals surface area contributed by atoms with Crippen LogP contribution in [0.25, 0.3) is 11.1 Å². The standard InChI is InChI=1S/C36H39BrN2S2/c1-3-5-7-11-21-38-29-13-9-10-14-33(29)40-34-23-26(15-18-30(34)38)27-16-19-31-35(24-27)41-36-25-28(37)17-20-32(36)39(31)22-12-8-6-4-2/h9-10,13-20,23-25H,3-8,11-12,21-22H2,1-2H3. The van der Waals surface area contributed by atoms with Crippen LogP contribution >= 0.6 is 39.5 Å². The van der Waals surface area contributed by atoms with Gasteiger partial charge in [-0.05, 0) is 78.6 Å². The van der Waals surface area contributed by atoms with Crippen molar-refractivity contribution in [1.82, 2.24) is 0 Å². The number of benzene rings is 4. The number of hydrogen-bond acceptors (Lipinski definition) is 4. The first kappa shape index (κ1) is 28.8. The second-order valence-corrected chi connectivity index (χ2v) is 14.2. The molecule has 0 spiro atoms. The van der Waals surface area contributed by atoms with Crippen molar-refractivity contribution in [2.75, 3.05) is 22.9 Å². The topological polar surface area (TPSA) is 6.48 Å². The normalized spacial score (nSPS) is 13.4. The summed E-state index contributed by atoms with van der Waals surface area (Å²) in [4.78, 5) is 10.5. The molecule has 41 heavy (non-hydrogen) atoms. The molecule has 0 atom stereocenters. The third-order valence-electron chi connectivity index (χ3n) is 8.11. The van der Waals surface area contributed by atoms with E-state index in [9.17, 15) is 0 Å². The van der Waals surface area contributed by atoms with E-state index in [-0.39, 0.29) is 0 Å². The van der Waals surface area contributed by atoms with Crippen molar-refractivity contribution in [3.8, 4) is 11.1 Å². The summed E-state index contributed by atoms with van der Waals surface area (Å²) >= 11 is 7.52. The molecule has 212 valence electrons. The van der Waals surface area contributed by atoms with Gasteiger partial charge in [-0.15, -0.1) is 0 Å². The Morgan fingerprint density at radius 3 is 1.59 bits per heavy atom. The van der Waals surface area contributed by atoms with E-state index in [1.807, 2.05) is 23.5 Å². The van der Waals surface area contributed by atoms with Crippen LogP contribution in [0.4, 0.5) is 22.7 Å². The van der Waals surface area contributed by atoms with E-state index >= 15 is 0 Å². The third-order valence-corrected chi connectivity index (χ3v) is 10.8. The Morgan fingerprint density at radius 2 is 1.00 bits per heavy atom. The Morgan fingerprint density at radius 1 is 0.512 bits per heavy atom. The fourth-order valence-corrected chi connectivity index (χ4v) is 8.75. The van der Waals surface area contributed by atoms with Crippen LogP contribution in [0.1, 0.15) is 65.2 Å². The maximum atomic E-state index is 3.71. The highest BCUT2D eigenvalue weighted by molar-refractivity contribution is 9.10. The molecular formula is C36H39BrN2S2. The molecule has 0 unspecified atom stereocenters. The predicted octanol–water partition coefficient (Wildman–Crippen LogP) is 12.5. The highest BCUT2D eigenvalue weighted by Crippen LogP contribution is 2.52. The van der Waals surface area contributed by atoms with Gasteiger partial charge in [0.05, 0.1) is 22.7 Å². The summed E-state index contributed by atoms with van der Waals surface area (Å²) in [6.07, 6.45) is 10.2. The van der Waals surface area contributed by atoms with Gasteiger partial charge >= 0.3 is 0 Å². The molecule has 0 amide bonds. The maximum Gasteiger partial charge on any atom is 0.0553 e. The quantitative estimate of drug-likeness (QED) is 0.150.